The number of nitrogens with one attached hydrogen (secondary N) is 2. The predicted molar refractivity (Wildman–Crippen MR) is 97.6 cm³/mol. The van der Waals surface area contributed by atoms with Gasteiger partial charge in [0.25, 0.3) is 0 Å². The van der Waals surface area contributed by atoms with Crippen LogP contribution < -0.4 is 10.6 Å². The van der Waals surface area contributed by atoms with Crippen molar-refractivity contribution in [2.45, 2.75) is 46.7 Å². The van der Waals surface area contributed by atoms with Crippen LogP contribution in [0.15, 0.2) is 24.8 Å². The molecule has 2 heterocycles. The molecule has 7 nitrogen and oxygen atoms in total. The van der Waals surface area contributed by atoms with Crippen molar-refractivity contribution in [1.82, 2.24) is 24.8 Å². The standard InChI is InChI=1S/C17H27N7/c1-12(2)24(13(3)4)9-8-20-16-14(5)10-21-17(23-16)22-15-11-18-6-7-19-15/h6-7,10-13H,8-9H2,1-5H3,(H2,19,20,21,22,23). The fraction of sp³-hybridized carbons (Fsp3) is 0.529. The normalized spacial score (nSPS) is 11.3. The van der Waals surface area contributed by atoms with Gasteiger partial charge in [-0.1, -0.05) is 0 Å². The van der Waals surface area contributed by atoms with Gasteiger partial charge in [-0.2, -0.15) is 4.98 Å². The van der Waals surface area contributed by atoms with Gasteiger partial charge in [0.1, 0.15) is 5.82 Å². The molecule has 130 valence electrons. The van der Waals surface area contributed by atoms with E-state index in [-0.39, 0.29) is 0 Å². The molecule has 0 aromatic carbocycles. The lowest BCUT2D eigenvalue weighted by molar-refractivity contribution is 0.182. The summed E-state index contributed by atoms with van der Waals surface area (Å²) in [5, 5.41) is 6.47. The molecule has 24 heavy (non-hydrogen) atoms. The van der Waals surface area contributed by atoms with Crippen LogP contribution in [0.3, 0.4) is 0 Å². The average molecular weight is 329 g/mol. The summed E-state index contributed by atoms with van der Waals surface area (Å²) in [5.74, 6) is 1.97. The molecule has 0 aliphatic carbocycles. The van der Waals surface area contributed by atoms with Crippen LogP contribution in [0.5, 0.6) is 0 Å². The maximum atomic E-state index is 4.53. The van der Waals surface area contributed by atoms with E-state index in [0.717, 1.165) is 24.5 Å². The third kappa shape index (κ3) is 5.13. The van der Waals surface area contributed by atoms with Crippen molar-refractivity contribution in [1.29, 1.82) is 0 Å². The van der Waals surface area contributed by atoms with Crippen LogP contribution in [0.4, 0.5) is 17.6 Å². The van der Waals surface area contributed by atoms with E-state index in [0.29, 0.717) is 23.8 Å². The van der Waals surface area contributed by atoms with Gasteiger partial charge in [0, 0.05) is 49.3 Å². The highest BCUT2D eigenvalue weighted by Crippen LogP contribution is 2.15. The quantitative estimate of drug-likeness (QED) is 0.771. The second-order valence-corrected chi connectivity index (χ2v) is 6.29. The van der Waals surface area contributed by atoms with Gasteiger partial charge in [-0.05, 0) is 34.6 Å². The Kier molecular flexibility index (Phi) is 6.43. The summed E-state index contributed by atoms with van der Waals surface area (Å²) in [5.41, 5.74) is 1.01. The number of rotatable bonds is 8. The first kappa shape index (κ1) is 18.1. The van der Waals surface area contributed by atoms with Gasteiger partial charge >= 0.3 is 0 Å². The summed E-state index contributed by atoms with van der Waals surface area (Å²) >= 11 is 0. The summed E-state index contributed by atoms with van der Waals surface area (Å²) in [6.45, 7) is 12.7. The van der Waals surface area contributed by atoms with Gasteiger partial charge in [0.2, 0.25) is 5.95 Å². The largest absolute Gasteiger partial charge is 0.368 e. The van der Waals surface area contributed by atoms with Crippen molar-refractivity contribution in [3.63, 3.8) is 0 Å². The van der Waals surface area contributed by atoms with Crippen molar-refractivity contribution in [3.8, 4) is 0 Å². The molecular formula is C17H27N7. The van der Waals surface area contributed by atoms with Crippen LogP contribution in [-0.2, 0) is 0 Å². The first-order valence-electron chi connectivity index (χ1n) is 8.33. The van der Waals surface area contributed by atoms with E-state index in [2.05, 4.69) is 63.2 Å². The zero-order chi connectivity index (χ0) is 17.5. The first-order valence-corrected chi connectivity index (χ1v) is 8.33. The van der Waals surface area contributed by atoms with Crippen LogP contribution in [-0.4, -0.2) is 50.0 Å². The van der Waals surface area contributed by atoms with Gasteiger partial charge in [-0.15, -0.1) is 0 Å². The number of nitrogens with zero attached hydrogens (tertiary/aromatic N) is 5. The Morgan fingerprint density at radius 2 is 1.79 bits per heavy atom. The van der Waals surface area contributed by atoms with E-state index < -0.39 is 0 Å². The van der Waals surface area contributed by atoms with Crippen molar-refractivity contribution >= 4 is 17.6 Å². The molecule has 7 heteroatoms. The van der Waals surface area contributed by atoms with Crippen molar-refractivity contribution < 1.29 is 0 Å². The molecule has 0 bridgehead atoms. The van der Waals surface area contributed by atoms with Gasteiger partial charge in [-0.25, -0.2) is 9.97 Å². The Morgan fingerprint density at radius 1 is 1.04 bits per heavy atom. The van der Waals surface area contributed by atoms with Crippen molar-refractivity contribution in [3.05, 3.63) is 30.4 Å². The fourth-order valence-corrected chi connectivity index (χ4v) is 2.58. The van der Waals surface area contributed by atoms with E-state index in [9.17, 15) is 0 Å². The minimum atomic E-state index is 0.508. The predicted octanol–water partition coefficient (Wildman–Crippen LogP) is 2.85. The summed E-state index contributed by atoms with van der Waals surface area (Å²) in [4.78, 5) is 19.5. The van der Waals surface area contributed by atoms with Crippen LogP contribution >= 0.6 is 0 Å². The molecule has 0 radical (unpaired) electrons. The molecule has 0 amide bonds. The van der Waals surface area contributed by atoms with Gasteiger partial charge in [0.15, 0.2) is 5.82 Å². The Bertz CT molecular complexity index is 620. The van der Waals surface area contributed by atoms with E-state index in [1.54, 1.807) is 24.8 Å². The van der Waals surface area contributed by atoms with Crippen LogP contribution in [0.25, 0.3) is 0 Å². The molecule has 0 fully saturated rings. The average Bonchev–Trinajstić information content (AvgIpc) is 2.54. The topological polar surface area (TPSA) is 78.9 Å². The molecule has 0 saturated heterocycles. The number of hydrogen-bond donors (Lipinski definition) is 2. The van der Waals surface area contributed by atoms with Gasteiger partial charge in [-0.3, -0.25) is 9.88 Å². The van der Waals surface area contributed by atoms with Gasteiger partial charge in [0.05, 0.1) is 6.20 Å². The van der Waals surface area contributed by atoms with Crippen molar-refractivity contribution in [2.75, 3.05) is 23.7 Å². The fourth-order valence-electron chi connectivity index (χ4n) is 2.58. The van der Waals surface area contributed by atoms with Crippen LogP contribution in [0.2, 0.25) is 0 Å². The van der Waals surface area contributed by atoms with E-state index in [1.807, 2.05) is 6.92 Å². The van der Waals surface area contributed by atoms with E-state index in [1.165, 1.54) is 0 Å². The van der Waals surface area contributed by atoms with Crippen molar-refractivity contribution in [2.24, 2.45) is 0 Å². The summed E-state index contributed by atoms with van der Waals surface area (Å²) in [6.07, 6.45) is 6.70. The Labute approximate surface area is 144 Å². The maximum absolute atomic E-state index is 4.53. The van der Waals surface area contributed by atoms with Gasteiger partial charge < -0.3 is 10.6 Å². The highest BCUT2D eigenvalue weighted by molar-refractivity contribution is 5.51. The third-order valence-corrected chi connectivity index (χ3v) is 3.76. The van der Waals surface area contributed by atoms with Crippen LogP contribution in [0, 0.1) is 6.92 Å². The second-order valence-electron chi connectivity index (χ2n) is 6.29. The minimum Gasteiger partial charge on any atom is -0.368 e. The molecule has 0 saturated carbocycles. The summed E-state index contributed by atoms with van der Waals surface area (Å²) < 4.78 is 0. The number of anilines is 3. The lowest BCUT2D eigenvalue weighted by atomic mass is 10.2. The molecule has 2 N–H and O–H groups in total. The highest BCUT2D eigenvalue weighted by Gasteiger charge is 2.13. The van der Waals surface area contributed by atoms with E-state index in [4.69, 9.17) is 0 Å². The molecule has 2 aromatic heterocycles. The third-order valence-electron chi connectivity index (χ3n) is 3.76. The zero-order valence-corrected chi connectivity index (χ0v) is 15.1. The smallest absolute Gasteiger partial charge is 0.230 e. The first-order chi connectivity index (χ1) is 11.5. The molecule has 2 aromatic rings. The summed E-state index contributed by atoms with van der Waals surface area (Å²) in [7, 11) is 0. The molecule has 0 atom stereocenters. The number of hydrogen-bond acceptors (Lipinski definition) is 7. The van der Waals surface area contributed by atoms with E-state index >= 15 is 0 Å². The Balaban J connectivity index is 1.98. The highest BCUT2D eigenvalue weighted by atomic mass is 15.2. The molecule has 0 spiro atoms. The SMILES string of the molecule is Cc1cnc(Nc2cnccn2)nc1NCCN(C(C)C)C(C)C. The molecule has 0 aliphatic rings. The molecular weight excluding hydrogens is 302 g/mol. The molecule has 0 unspecified atom stereocenters. The second kappa shape index (κ2) is 8.54. The zero-order valence-electron chi connectivity index (χ0n) is 15.1. The Morgan fingerprint density at radius 3 is 2.42 bits per heavy atom. The number of aromatic nitrogens is 4. The monoisotopic (exact) mass is 329 g/mol. The maximum Gasteiger partial charge on any atom is 0.230 e. The molecule has 0 aliphatic heterocycles. The minimum absolute atomic E-state index is 0.508. The molecule has 2 rings (SSSR count). The Hall–Kier alpha value is -2.28. The lowest BCUT2D eigenvalue weighted by Gasteiger charge is -2.30. The summed E-state index contributed by atoms with van der Waals surface area (Å²) in [6, 6.07) is 1.04. The number of aryl methyl sites for hydroxylation is 1. The lowest BCUT2D eigenvalue weighted by Crippen LogP contribution is -2.40. The van der Waals surface area contributed by atoms with Crippen LogP contribution in [0.1, 0.15) is 33.3 Å².